The number of benzene rings is 2. The molecule has 0 unspecified atom stereocenters. The minimum atomic E-state index is -1.01. The van der Waals surface area contributed by atoms with E-state index in [2.05, 4.69) is 5.32 Å². The second-order valence-corrected chi connectivity index (χ2v) is 7.30. The van der Waals surface area contributed by atoms with Crippen molar-refractivity contribution in [1.82, 2.24) is 4.90 Å². The molecule has 8 heteroatoms. The van der Waals surface area contributed by atoms with Crippen molar-refractivity contribution in [2.75, 3.05) is 19.5 Å². The summed E-state index contributed by atoms with van der Waals surface area (Å²) < 4.78 is 10.5. The van der Waals surface area contributed by atoms with Crippen molar-refractivity contribution in [3.8, 4) is 11.5 Å². The molecule has 1 atom stereocenters. The number of carbonyl (C=O) groups excluding carboxylic acids is 3. The van der Waals surface area contributed by atoms with E-state index in [0.717, 1.165) is 4.90 Å². The quantitative estimate of drug-likeness (QED) is 0.727. The molecular weight excluding hydrogens is 396 g/mol. The van der Waals surface area contributed by atoms with Crippen LogP contribution in [0.4, 0.5) is 5.69 Å². The van der Waals surface area contributed by atoms with Gasteiger partial charge in [-0.25, -0.2) is 0 Å². The van der Waals surface area contributed by atoms with Gasteiger partial charge in [-0.2, -0.15) is 0 Å². The van der Waals surface area contributed by atoms with Gasteiger partial charge in [0.2, 0.25) is 5.91 Å². The number of imide groups is 1. The maximum absolute atomic E-state index is 13.1. The third kappa shape index (κ3) is 3.65. The van der Waals surface area contributed by atoms with Crippen LogP contribution in [0, 0.1) is 5.92 Å². The van der Waals surface area contributed by atoms with Crippen LogP contribution >= 0.6 is 11.6 Å². The fourth-order valence-corrected chi connectivity index (χ4v) is 3.57. The zero-order valence-corrected chi connectivity index (χ0v) is 17.2. The van der Waals surface area contributed by atoms with Crippen molar-refractivity contribution >= 4 is 35.0 Å². The number of carbonyl (C=O) groups is 3. The van der Waals surface area contributed by atoms with E-state index in [1.165, 1.54) is 26.4 Å². The first-order chi connectivity index (χ1) is 13.8. The van der Waals surface area contributed by atoms with Gasteiger partial charge in [0.15, 0.2) is 0 Å². The summed E-state index contributed by atoms with van der Waals surface area (Å²) in [6.07, 6.45) is 0. The summed E-state index contributed by atoms with van der Waals surface area (Å²) in [6.45, 7) is 3.54. The summed E-state index contributed by atoms with van der Waals surface area (Å²) in [6, 6.07) is 8.57. The highest BCUT2D eigenvalue weighted by molar-refractivity contribution is 6.32. The van der Waals surface area contributed by atoms with Gasteiger partial charge in [0.25, 0.3) is 11.8 Å². The predicted molar refractivity (Wildman–Crippen MR) is 109 cm³/mol. The van der Waals surface area contributed by atoms with Crippen LogP contribution in [0.3, 0.4) is 0 Å². The summed E-state index contributed by atoms with van der Waals surface area (Å²) >= 11 is 6.11. The van der Waals surface area contributed by atoms with E-state index in [1.807, 2.05) is 0 Å². The highest BCUT2D eigenvalue weighted by Gasteiger charge is 2.44. The number of halogens is 1. The van der Waals surface area contributed by atoms with Crippen LogP contribution < -0.4 is 14.8 Å². The highest BCUT2D eigenvalue weighted by atomic mass is 35.5. The van der Waals surface area contributed by atoms with Gasteiger partial charge in [-0.15, -0.1) is 0 Å². The van der Waals surface area contributed by atoms with Gasteiger partial charge in [-0.1, -0.05) is 37.6 Å². The number of hydrogen-bond donors (Lipinski definition) is 1. The van der Waals surface area contributed by atoms with Gasteiger partial charge < -0.3 is 14.8 Å². The van der Waals surface area contributed by atoms with Gasteiger partial charge in [0.05, 0.1) is 36.1 Å². The first-order valence-corrected chi connectivity index (χ1v) is 9.37. The van der Waals surface area contributed by atoms with Crippen LogP contribution in [0.2, 0.25) is 5.02 Å². The van der Waals surface area contributed by atoms with Crippen molar-refractivity contribution in [2.24, 2.45) is 5.92 Å². The van der Waals surface area contributed by atoms with Crippen molar-refractivity contribution in [1.29, 1.82) is 0 Å². The lowest BCUT2D eigenvalue weighted by Crippen LogP contribution is -2.50. The lowest BCUT2D eigenvalue weighted by Gasteiger charge is -2.28. The third-order valence-electron chi connectivity index (χ3n) is 4.74. The number of ether oxygens (including phenoxy) is 2. The monoisotopic (exact) mass is 416 g/mol. The summed E-state index contributed by atoms with van der Waals surface area (Å²) in [5.41, 5.74) is 0.907. The van der Waals surface area contributed by atoms with Crippen LogP contribution in [-0.2, 0) is 4.79 Å². The molecule has 29 heavy (non-hydrogen) atoms. The minimum Gasteiger partial charge on any atom is -0.495 e. The zero-order valence-electron chi connectivity index (χ0n) is 16.5. The summed E-state index contributed by atoms with van der Waals surface area (Å²) in [7, 11) is 2.90. The molecular formula is C21H21ClN2O5. The normalized spacial score (nSPS) is 14.1. The molecule has 0 aromatic heterocycles. The predicted octanol–water partition coefficient (Wildman–Crippen LogP) is 3.62. The molecule has 1 aliphatic heterocycles. The number of hydrogen-bond acceptors (Lipinski definition) is 5. The Hall–Kier alpha value is -3.06. The average molecular weight is 417 g/mol. The van der Waals surface area contributed by atoms with Crippen LogP contribution in [0.15, 0.2) is 36.4 Å². The molecule has 0 bridgehead atoms. The second-order valence-electron chi connectivity index (χ2n) is 6.89. The number of rotatable bonds is 6. The molecule has 0 saturated heterocycles. The third-order valence-corrected chi connectivity index (χ3v) is 5.03. The van der Waals surface area contributed by atoms with Crippen molar-refractivity contribution in [2.45, 2.75) is 19.9 Å². The Morgan fingerprint density at radius 2 is 1.55 bits per heavy atom. The van der Waals surface area contributed by atoms with Crippen molar-refractivity contribution in [3.05, 3.63) is 52.5 Å². The smallest absolute Gasteiger partial charge is 0.262 e. The van der Waals surface area contributed by atoms with Crippen molar-refractivity contribution in [3.63, 3.8) is 0 Å². The first kappa shape index (κ1) is 20.7. The Morgan fingerprint density at radius 1 is 1.00 bits per heavy atom. The molecule has 2 aromatic carbocycles. The van der Waals surface area contributed by atoms with Gasteiger partial charge >= 0.3 is 0 Å². The Kier molecular flexibility index (Phi) is 5.79. The zero-order chi connectivity index (χ0) is 21.3. The van der Waals surface area contributed by atoms with E-state index in [-0.39, 0.29) is 5.92 Å². The molecule has 2 aromatic rings. The first-order valence-electron chi connectivity index (χ1n) is 8.99. The topological polar surface area (TPSA) is 84.9 Å². The summed E-state index contributed by atoms with van der Waals surface area (Å²) in [5, 5.41) is 3.06. The van der Waals surface area contributed by atoms with E-state index in [1.54, 1.807) is 38.1 Å². The maximum Gasteiger partial charge on any atom is 0.262 e. The molecule has 0 radical (unpaired) electrons. The van der Waals surface area contributed by atoms with Crippen LogP contribution in [0.5, 0.6) is 11.5 Å². The fraction of sp³-hybridized carbons (Fsp3) is 0.286. The Bertz CT molecular complexity index is 954. The van der Waals surface area contributed by atoms with E-state index < -0.39 is 23.8 Å². The second kappa shape index (κ2) is 8.13. The van der Waals surface area contributed by atoms with E-state index in [0.29, 0.717) is 33.3 Å². The lowest BCUT2D eigenvalue weighted by atomic mass is 10.0. The van der Waals surface area contributed by atoms with Gasteiger partial charge in [-0.3, -0.25) is 19.3 Å². The van der Waals surface area contributed by atoms with Crippen LogP contribution in [0.25, 0.3) is 0 Å². The fourth-order valence-electron chi connectivity index (χ4n) is 3.34. The Balaban J connectivity index is 1.95. The molecule has 0 fully saturated rings. The molecule has 3 rings (SSSR count). The van der Waals surface area contributed by atoms with Gasteiger partial charge in [0.1, 0.15) is 17.5 Å². The van der Waals surface area contributed by atoms with Crippen LogP contribution in [0.1, 0.15) is 34.6 Å². The van der Waals surface area contributed by atoms with Crippen molar-refractivity contribution < 1.29 is 23.9 Å². The molecule has 1 heterocycles. The minimum absolute atomic E-state index is 0.293. The number of nitrogens with zero attached hydrogens (tertiary/aromatic N) is 1. The summed E-state index contributed by atoms with van der Waals surface area (Å²) in [4.78, 5) is 39.8. The molecule has 152 valence electrons. The van der Waals surface area contributed by atoms with E-state index in [9.17, 15) is 14.4 Å². The Morgan fingerprint density at radius 3 is 2.03 bits per heavy atom. The highest BCUT2D eigenvalue weighted by Crippen LogP contribution is 2.36. The average Bonchev–Trinajstić information content (AvgIpc) is 2.94. The molecule has 1 aliphatic rings. The molecule has 0 saturated carbocycles. The maximum atomic E-state index is 13.1. The van der Waals surface area contributed by atoms with Gasteiger partial charge in [-0.05, 0) is 18.1 Å². The number of anilines is 1. The molecule has 0 aliphatic carbocycles. The number of methoxy groups -OCH3 is 2. The molecule has 0 spiro atoms. The largest absolute Gasteiger partial charge is 0.495 e. The SMILES string of the molecule is COc1cc(NC(=O)[C@H](C(C)C)N2C(=O)c3ccccc3C2=O)c(OC)cc1Cl. The number of amides is 3. The van der Waals surface area contributed by atoms with Crippen LogP contribution in [-0.4, -0.2) is 42.9 Å². The number of nitrogens with one attached hydrogen (secondary N) is 1. The lowest BCUT2D eigenvalue weighted by molar-refractivity contribution is -0.121. The standard InChI is InChI=1S/C21H21ClN2O5/c1-11(2)18(24-20(26)12-7-5-6-8-13(12)21(24)27)19(25)23-15-10-16(28-3)14(22)9-17(15)29-4/h5-11,18H,1-4H3,(H,23,25)/t18-/m0/s1. The molecule has 7 nitrogen and oxygen atoms in total. The summed E-state index contributed by atoms with van der Waals surface area (Å²) in [5.74, 6) is -1.13. The molecule has 1 N–H and O–H groups in total. The van der Waals surface area contributed by atoms with E-state index in [4.69, 9.17) is 21.1 Å². The Labute approximate surface area is 173 Å². The number of fused-ring (bicyclic) bond motifs is 1. The molecule has 3 amide bonds. The van der Waals surface area contributed by atoms with Gasteiger partial charge in [0, 0.05) is 12.1 Å². The van der Waals surface area contributed by atoms with E-state index >= 15 is 0 Å².